The van der Waals surface area contributed by atoms with E-state index in [1.54, 1.807) is 18.9 Å². The van der Waals surface area contributed by atoms with Gasteiger partial charge in [0.2, 0.25) is 0 Å². The van der Waals surface area contributed by atoms with Gasteiger partial charge >= 0.3 is 0 Å². The van der Waals surface area contributed by atoms with E-state index in [0.717, 1.165) is 16.2 Å². The van der Waals surface area contributed by atoms with E-state index in [1.807, 2.05) is 60.9 Å². The zero-order valence-electron chi connectivity index (χ0n) is 14.0. The molecule has 0 saturated heterocycles. The Hall–Kier alpha value is -2.73. The number of ether oxygens (including phenoxy) is 1. The van der Waals surface area contributed by atoms with Crippen LogP contribution in [0.4, 0.5) is 0 Å². The molecule has 3 aromatic rings. The molecular weight excluding hydrogens is 336 g/mol. The Bertz CT molecular complexity index is 859. The van der Waals surface area contributed by atoms with Crippen LogP contribution < -0.4 is 10.1 Å². The molecule has 5 nitrogen and oxygen atoms in total. The topological polar surface area (TPSA) is 64.4 Å². The Labute approximate surface area is 150 Å². The zero-order chi connectivity index (χ0) is 17.6. The van der Waals surface area contributed by atoms with E-state index in [2.05, 4.69) is 10.5 Å². The number of benzene rings is 2. The summed E-state index contributed by atoms with van der Waals surface area (Å²) >= 11 is 1.54. The number of hydrogen-bond acceptors (Lipinski definition) is 5. The Morgan fingerprint density at radius 1 is 1.20 bits per heavy atom. The summed E-state index contributed by atoms with van der Waals surface area (Å²) in [5, 5.41) is 6.90. The Kier molecular flexibility index (Phi) is 5.40. The molecule has 0 fully saturated rings. The molecule has 1 N–H and O–H groups in total. The van der Waals surface area contributed by atoms with Crippen molar-refractivity contribution < 1.29 is 14.1 Å². The number of aromatic nitrogens is 1. The van der Waals surface area contributed by atoms with Gasteiger partial charge < -0.3 is 14.6 Å². The van der Waals surface area contributed by atoms with Gasteiger partial charge in [-0.2, -0.15) is 0 Å². The number of nitrogens with zero attached hydrogens (tertiary/aromatic N) is 1. The fourth-order valence-electron chi connectivity index (χ4n) is 2.38. The SMILES string of the molecule is COc1ccc(-c2cc(CNC(=O)c3ccccc3SC)no2)cc1. The number of methoxy groups -OCH3 is 1. The van der Waals surface area contributed by atoms with Crippen molar-refractivity contribution in [2.24, 2.45) is 0 Å². The Morgan fingerprint density at radius 2 is 1.96 bits per heavy atom. The van der Waals surface area contributed by atoms with Gasteiger partial charge in [-0.15, -0.1) is 11.8 Å². The third-order valence-electron chi connectivity index (χ3n) is 3.72. The number of nitrogens with one attached hydrogen (secondary N) is 1. The first-order valence-electron chi connectivity index (χ1n) is 7.72. The van der Waals surface area contributed by atoms with Crippen LogP contribution in [-0.4, -0.2) is 24.4 Å². The van der Waals surface area contributed by atoms with Crippen LogP contribution in [0.25, 0.3) is 11.3 Å². The largest absolute Gasteiger partial charge is 0.497 e. The standard InChI is InChI=1S/C19H18N2O3S/c1-23-15-9-7-13(8-10-15)17-11-14(21-24-17)12-20-19(22)16-5-3-4-6-18(16)25-2/h3-11H,12H2,1-2H3,(H,20,22). The van der Waals surface area contributed by atoms with Gasteiger partial charge in [-0.25, -0.2) is 0 Å². The second kappa shape index (κ2) is 7.90. The van der Waals surface area contributed by atoms with Gasteiger partial charge in [0.05, 0.1) is 19.2 Å². The molecule has 0 saturated carbocycles. The maximum Gasteiger partial charge on any atom is 0.252 e. The molecule has 0 unspecified atom stereocenters. The maximum absolute atomic E-state index is 12.3. The minimum Gasteiger partial charge on any atom is -0.497 e. The highest BCUT2D eigenvalue weighted by atomic mass is 32.2. The molecule has 0 aliphatic heterocycles. The van der Waals surface area contributed by atoms with E-state index < -0.39 is 0 Å². The molecule has 0 atom stereocenters. The zero-order valence-corrected chi connectivity index (χ0v) is 14.8. The summed E-state index contributed by atoms with van der Waals surface area (Å²) in [6, 6.07) is 16.9. The van der Waals surface area contributed by atoms with Crippen LogP contribution in [0.5, 0.6) is 5.75 Å². The fourth-order valence-corrected chi connectivity index (χ4v) is 2.98. The number of rotatable bonds is 6. The highest BCUT2D eigenvalue weighted by molar-refractivity contribution is 7.98. The van der Waals surface area contributed by atoms with Gasteiger partial charge in [0, 0.05) is 16.5 Å². The van der Waals surface area contributed by atoms with Crippen LogP contribution in [0.2, 0.25) is 0 Å². The third-order valence-corrected chi connectivity index (χ3v) is 4.51. The normalized spacial score (nSPS) is 10.5. The van der Waals surface area contributed by atoms with E-state index in [4.69, 9.17) is 9.26 Å². The lowest BCUT2D eigenvalue weighted by atomic mass is 10.1. The molecule has 1 heterocycles. The summed E-state index contributed by atoms with van der Waals surface area (Å²) in [4.78, 5) is 13.3. The van der Waals surface area contributed by atoms with Crippen LogP contribution in [-0.2, 0) is 6.54 Å². The van der Waals surface area contributed by atoms with Gasteiger partial charge in [-0.1, -0.05) is 17.3 Å². The fraction of sp³-hybridized carbons (Fsp3) is 0.158. The lowest BCUT2D eigenvalue weighted by molar-refractivity contribution is 0.0947. The van der Waals surface area contributed by atoms with Crippen LogP contribution in [0, 0.1) is 0 Å². The maximum atomic E-state index is 12.3. The van der Waals surface area contributed by atoms with Gasteiger partial charge in [0.1, 0.15) is 11.4 Å². The van der Waals surface area contributed by atoms with Crippen molar-refractivity contribution in [1.82, 2.24) is 10.5 Å². The number of carbonyl (C=O) groups is 1. The number of hydrogen-bond donors (Lipinski definition) is 1. The molecule has 1 aromatic heterocycles. The summed E-state index contributed by atoms with van der Waals surface area (Å²) in [7, 11) is 1.62. The van der Waals surface area contributed by atoms with Crippen LogP contribution >= 0.6 is 11.8 Å². The highest BCUT2D eigenvalue weighted by Gasteiger charge is 2.12. The minimum atomic E-state index is -0.126. The molecule has 2 aromatic carbocycles. The van der Waals surface area contributed by atoms with Crippen molar-refractivity contribution in [2.75, 3.05) is 13.4 Å². The summed E-state index contributed by atoms with van der Waals surface area (Å²) in [5.41, 5.74) is 2.23. The van der Waals surface area contributed by atoms with Crippen LogP contribution in [0.15, 0.2) is 64.0 Å². The minimum absolute atomic E-state index is 0.126. The van der Waals surface area contributed by atoms with Crippen molar-refractivity contribution in [3.63, 3.8) is 0 Å². The average molecular weight is 354 g/mol. The predicted octanol–water partition coefficient (Wildman–Crippen LogP) is 4.00. The van der Waals surface area contributed by atoms with Crippen molar-refractivity contribution in [3.8, 4) is 17.1 Å². The molecule has 6 heteroatoms. The van der Waals surface area contributed by atoms with Crippen molar-refractivity contribution >= 4 is 17.7 Å². The van der Waals surface area contributed by atoms with E-state index in [1.165, 1.54) is 0 Å². The van der Waals surface area contributed by atoms with Crippen LogP contribution in [0.1, 0.15) is 16.1 Å². The summed E-state index contributed by atoms with van der Waals surface area (Å²) in [6.45, 7) is 0.307. The molecule has 1 amide bonds. The summed E-state index contributed by atoms with van der Waals surface area (Å²) in [6.07, 6.45) is 1.95. The Balaban J connectivity index is 1.66. The number of amides is 1. The van der Waals surface area contributed by atoms with Gasteiger partial charge in [0.25, 0.3) is 5.91 Å². The molecular formula is C19H18N2O3S. The monoisotopic (exact) mass is 354 g/mol. The third kappa shape index (κ3) is 4.03. The van der Waals surface area contributed by atoms with Crippen molar-refractivity contribution in [3.05, 3.63) is 65.9 Å². The first kappa shape index (κ1) is 17.1. The second-order valence-electron chi connectivity index (χ2n) is 5.29. The number of carbonyl (C=O) groups excluding carboxylic acids is 1. The molecule has 128 valence electrons. The van der Waals surface area contributed by atoms with Gasteiger partial charge in [-0.05, 0) is 42.7 Å². The smallest absolute Gasteiger partial charge is 0.252 e. The first-order valence-corrected chi connectivity index (χ1v) is 8.95. The van der Waals surface area contributed by atoms with E-state index in [-0.39, 0.29) is 5.91 Å². The Morgan fingerprint density at radius 3 is 2.68 bits per heavy atom. The quantitative estimate of drug-likeness (QED) is 0.678. The molecule has 0 aliphatic rings. The second-order valence-corrected chi connectivity index (χ2v) is 6.14. The van der Waals surface area contributed by atoms with Gasteiger partial charge in [0.15, 0.2) is 5.76 Å². The predicted molar refractivity (Wildman–Crippen MR) is 97.9 cm³/mol. The summed E-state index contributed by atoms with van der Waals surface area (Å²) in [5.74, 6) is 1.30. The van der Waals surface area contributed by atoms with Crippen molar-refractivity contribution in [1.29, 1.82) is 0 Å². The number of thioether (sulfide) groups is 1. The van der Waals surface area contributed by atoms with E-state index >= 15 is 0 Å². The van der Waals surface area contributed by atoms with E-state index in [0.29, 0.717) is 23.6 Å². The van der Waals surface area contributed by atoms with Gasteiger partial charge in [-0.3, -0.25) is 4.79 Å². The molecule has 0 aliphatic carbocycles. The summed E-state index contributed by atoms with van der Waals surface area (Å²) < 4.78 is 10.5. The van der Waals surface area contributed by atoms with E-state index in [9.17, 15) is 4.79 Å². The molecule has 3 rings (SSSR count). The van der Waals surface area contributed by atoms with Crippen LogP contribution in [0.3, 0.4) is 0 Å². The lowest BCUT2D eigenvalue weighted by Crippen LogP contribution is -2.23. The highest BCUT2D eigenvalue weighted by Crippen LogP contribution is 2.23. The first-order chi connectivity index (χ1) is 12.2. The molecule has 0 spiro atoms. The molecule has 0 radical (unpaired) electrons. The molecule has 25 heavy (non-hydrogen) atoms. The molecule has 0 bridgehead atoms. The van der Waals surface area contributed by atoms with Crippen molar-refractivity contribution in [2.45, 2.75) is 11.4 Å². The lowest BCUT2D eigenvalue weighted by Gasteiger charge is -2.06. The average Bonchev–Trinajstić information content (AvgIpc) is 3.15.